The van der Waals surface area contributed by atoms with Crippen LogP contribution in [-0.4, -0.2) is 52.3 Å². The number of aliphatic hydroxyl groups is 1. The van der Waals surface area contributed by atoms with E-state index >= 15 is 0 Å². The molecule has 2 aliphatic heterocycles. The molecule has 26 heavy (non-hydrogen) atoms. The number of fused-ring (bicyclic) bond motifs is 1. The third-order valence-electron chi connectivity index (χ3n) is 5.84. The van der Waals surface area contributed by atoms with Crippen LogP contribution >= 0.6 is 0 Å². The molecule has 2 unspecified atom stereocenters. The van der Waals surface area contributed by atoms with E-state index in [1.54, 1.807) is 6.21 Å². The lowest BCUT2D eigenvalue weighted by Crippen LogP contribution is -2.50. The van der Waals surface area contributed by atoms with Crippen LogP contribution in [0.4, 0.5) is 0 Å². The SMILES string of the molecule is CC[C@H](C)NC1=NC2C([C@H]3CC[C@H](O)CC3)=CN(C(C)C)C(=O)C2C=N1. The predicted octanol–water partition coefficient (Wildman–Crippen LogP) is 2.49. The minimum Gasteiger partial charge on any atom is -0.393 e. The number of guanidine groups is 1. The molecule has 1 saturated carbocycles. The molecule has 3 atom stereocenters. The van der Waals surface area contributed by atoms with Crippen LogP contribution in [0.5, 0.6) is 0 Å². The molecule has 0 aromatic rings. The molecule has 3 aliphatic rings. The lowest BCUT2D eigenvalue weighted by atomic mass is 9.75. The Balaban J connectivity index is 1.91. The van der Waals surface area contributed by atoms with E-state index in [4.69, 9.17) is 4.99 Å². The van der Waals surface area contributed by atoms with Crippen LogP contribution in [-0.2, 0) is 4.79 Å². The molecule has 6 nitrogen and oxygen atoms in total. The highest BCUT2D eigenvalue weighted by Crippen LogP contribution is 2.38. The Kier molecular flexibility index (Phi) is 5.80. The largest absolute Gasteiger partial charge is 0.393 e. The van der Waals surface area contributed by atoms with Crippen molar-refractivity contribution in [3.8, 4) is 0 Å². The molecular formula is C20H32N4O2. The Morgan fingerprint density at radius 3 is 2.58 bits per heavy atom. The molecule has 144 valence electrons. The summed E-state index contributed by atoms with van der Waals surface area (Å²) in [5, 5.41) is 13.2. The molecule has 0 saturated heterocycles. The molecule has 2 heterocycles. The van der Waals surface area contributed by atoms with E-state index in [0.29, 0.717) is 17.9 Å². The number of aliphatic hydroxyl groups excluding tert-OH is 1. The van der Waals surface area contributed by atoms with Crippen LogP contribution in [0.2, 0.25) is 0 Å². The first kappa shape index (κ1) is 19.1. The van der Waals surface area contributed by atoms with E-state index in [9.17, 15) is 9.90 Å². The van der Waals surface area contributed by atoms with Crippen molar-refractivity contribution in [3.63, 3.8) is 0 Å². The molecule has 3 rings (SSSR count). The van der Waals surface area contributed by atoms with Gasteiger partial charge in [-0.05, 0) is 64.4 Å². The van der Waals surface area contributed by atoms with Gasteiger partial charge in [-0.2, -0.15) is 0 Å². The van der Waals surface area contributed by atoms with Crippen molar-refractivity contribution in [2.24, 2.45) is 21.8 Å². The fourth-order valence-corrected chi connectivity index (χ4v) is 3.99. The number of amides is 1. The summed E-state index contributed by atoms with van der Waals surface area (Å²) in [6, 6.07) is 0.248. The van der Waals surface area contributed by atoms with Gasteiger partial charge in [0.25, 0.3) is 0 Å². The van der Waals surface area contributed by atoms with Gasteiger partial charge < -0.3 is 15.3 Å². The maximum atomic E-state index is 12.9. The third kappa shape index (κ3) is 3.85. The highest BCUT2D eigenvalue weighted by Gasteiger charge is 2.42. The van der Waals surface area contributed by atoms with Crippen LogP contribution in [0.15, 0.2) is 21.8 Å². The molecule has 2 N–H and O–H groups in total. The summed E-state index contributed by atoms with van der Waals surface area (Å²) in [6.07, 6.45) is 8.19. The number of nitrogens with one attached hydrogen (secondary N) is 1. The standard InChI is InChI=1S/C20H32N4O2/c1-5-13(4)22-20-21-10-16-18(23-20)17(11-24(12(2)3)19(16)26)14-6-8-15(25)9-7-14/h10-16,18,25H,5-9H2,1-4H3,(H,22,23)/t13-,14-,15-,16?,18?/m0/s1. The average Bonchev–Trinajstić information content (AvgIpc) is 2.62. The van der Waals surface area contributed by atoms with E-state index in [0.717, 1.165) is 32.1 Å². The molecule has 0 aromatic carbocycles. The van der Waals surface area contributed by atoms with E-state index in [-0.39, 0.29) is 30.0 Å². The smallest absolute Gasteiger partial charge is 0.237 e. The van der Waals surface area contributed by atoms with Crippen LogP contribution < -0.4 is 5.32 Å². The number of carbonyl (C=O) groups excluding carboxylic acids is 1. The van der Waals surface area contributed by atoms with E-state index in [2.05, 4.69) is 24.2 Å². The summed E-state index contributed by atoms with van der Waals surface area (Å²) < 4.78 is 0. The van der Waals surface area contributed by atoms with Crippen LogP contribution in [0, 0.1) is 11.8 Å². The van der Waals surface area contributed by atoms with Gasteiger partial charge in [-0.3, -0.25) is 4.79 Å². The van der Waals surface area contributed by atoms with Gasteiger partial charge in [0.05, 0.1) is 12.1 Å². The summed E-state index contributed by atoms with van der Waals surface area (Å²) in [5.41, 5.74) is 1.23. The van der Waals surface area contributed by atoms with Gasteiger partial charge >= 0.3 is 0 Å². The Morgan fingerprint density at radius 1 is 1.27 bits per heavy atom. The number of hydrogen-bond acceptors (Lipinski definition) is 5. The average molecular weight is 361 g/mol. The minimum atomic E-state index is -0.313. The Hall–Kier alpha value is -1.69. The van der Waals surface area contributed by atoms with Gasteiger partial charge in [-0.15, -0.1) is 0 Å². The van der Waals surface area contributed by atoms with Crippen molar-refractivity contribution in [2.45, 2.75) is 84.0 Å². The summed E-state index contributed by atoms with van der Waals surface area (Å²) in [4.78, 5) is 24.0. The highest BCUT2D eigenvalue weighted by atomic mass is 16.3. The van der Waals surface area contributed by atoms with Gasteiger partial charge in [-0.1, -0.05) is 6.92 Å². The molecule has 1 aliphatic carbocycles. The normalized spacial score (nSPS) is 32.8. The molecule has 0 aromatic heterocycles. The maximum Gasteiger partial charge on any atom is 0.237 e. The number of rotatable bonds is 4. The van der Waals surface area contributed by atoms with Crippen molar-refractivity contribution in [1.29, 1.82) is 0 Å². The van der Waals surface area contributed by atoms with Crippen molar-refractivity contribution >= 4 is 18.1 Å². The first-order valence-electron chi connectivity index (χ1n) is 10.0. The number of aliphatic imine (C=N–C) groups is 2. The number of nitrogens with zero attached hydrogens (tertiary/aromatic N) is 3. The van der Waals surface area contributed by atoms with Crippen molar-refractivity contribution < 1.29 is 9.90 Å². The molecule has 0 radical (unpaired) electrons. The second-order valence-corrected chi connectivity index (χ2v) is 8.13. The zero-order valence-electron chi connectivity index (χ0n) is 16.4. The summed E-state index contributed by atoms with van der Waals surface area (Å²) >= 11 is 0. The van der Waals surface area contributed by atoms with Crippen LogP contribution in [0.3, 0.4) is 0 Å². The van der Waals surface area contributed by atoms with Gasteiger partial charge in [0.1, 0.15) is 5.92 Å². The van der Waals surface area contributed by atoms with E-state index in [1.807, 2.05) is 24.9 Å². The fraction of sp³-hybridized carbons (Fsp3) is 0.750. The molecular weight excluding hydrogens is 328 g/mol. The predicted molar refractivity (Wildman–Crippen MR) is 104 cm³/mol. The summed E-state index contributed by atoms with van der Waals surface area (Å²) in [6.45, 7) is 8.30. The maximum absolute atomic E-state index is 12.9. The Labute approximate surface area is 156 Å². The topological polar surface area (TPSA) is 77.3 Å². The first-order chi connectivity index (χ1) is 12.4. The van der Waals surface area contributed by atoms with Gasteiger partial charge in [-0.25, -0.2) is 9.98 Å². The Bertz CT molecular complexity index is 617. The monoisotopic (exact) mass is 360 g/mol. The summed E-state index contributed by atoms with van der Waals surface area (Å²) in [5.74, 6) is 0.778. The van der Waals surface area contributed by atoms with Gasteiger partial charge in [0, 0.05) is 24.5 Å². The lowest BCUT2D eigenvalue weighted by Gasteiger charge is -2.41. The number of hydrogen-bond donors (Lipinski definition) is 2. The zero-order valence-corrected chi connectivity index (χ0v) is 16.4. The Morgan fingerprint density at radius 2 is 1.96 bits per heavy atom. The third-order valence-corrected chi connectivity index (χ3v) is 5.84. The van der Waals surface area contributed by atoms with Crippen molar-refractivity contribution in [2.75, 3.05) is 0 Å². The van der Waals surface area contributed by atoms with Gasteiger partial charge in [0.2, 0.25) is 11.9 Å². The van der Waals surface area contributed by atoms with Gasteiger partial charge in [0.15, 0.2) is 0 Å². The van der Waals surface area contributed by atoms with E-state index in [1.165, 1.54) is 5.57 Å². The lowest BCUT2D eigenvalue weighted by molar-refractivity contribution is -0.133. The fourth-order valence-electron chi connectivity index (χ4n) is 3.99. The molecule has 6 heteroatoms. The molecule has 1 amide bonds. The van der Waals surface area contributed by atoms with Crippen LogP contribution in [0.1, 0.15) is 59.8 Å². The second-order valence-electron chi connectivity index (χ2n) is 8.13. The van der Waals surface area contributed by atoms with Crippen molar-refractivity contribution in [3.05, 3.63) is 11.8 Å². The first-order valence-corrected chi connectivity index (χ1v) is 10.0. The quantitative estimate of drug-likeness (QED) is 0.808. The molecule has 0 bridgehead atoms. The number of carbonyl (C=O) groups is 1. The zero-order chi connectivity index (χ0) is 18.8. The summed E-state index contributed by atoms with van der Waals surface area (Å²) in [7, 11) is 0. The van der Waals surface area contributed by atoms with E-state index < -0.39 is 0 Å². The molecule has 1 fully saturated rings. The molecule has 0 spiro atoms. The van der Waals surface area contributed by atoms with Crippen molar-refractivity contribution in [1.82, 2.24) is 10.2 Å². The minimum absolute atomic E-state index is 0.0830. The highest BCUT2D eigenvalue weighted by molar-refractivity contribution is 6.02. The van der Waals surface area contributed by atoms with Crippen LogP contribution in [0.25, 0.3) is 0 Å². The second kappa shape index (κ2) is 7.91.